The average Bonchev–Trinajstić information content (AvgIpc) is 2.66. The standard InChI is InChI=1S/C21H25ClN2O4/c1-4-5-6-20(25)24-17-9-8-16(12-19(17)27-3)23-21(26)13-28-18-10-7-15(22)11-14(18)2/h7-12H,4-6,13H2,1-3H3,(H,23,26)(H,24,25). The van der Waals surface area contributed by atoms with Crippen LogP contribution in [0.25, 0.3) is 0 Å². The number of methoxy groups -OCH3 is 1. The van der Waals surface area contributed by atoms with Crippen LogP contribution in [0.2, 0.25) is 5.02 Å². The third kappa shape index (κ3) is 6.46. The maximum absolute atomic E-state index is 12.2. The van der Waals surface area contributed by atoms with E-state index in [0.29, 0.717) is 34.3 Å². The summed E-state index contributed by atoms with van der Waals surface area (Å²) in [5.41, 5.74) is 1.96. The molecule has 0 heterocycles. The molecule has 2 rings (SSSR count). The van der Waals surface area contributed by atoms with E-state index in [-0.39, 0.29) is 18.4 Å². The molecule has 6 nitrogen and oxygen atoms in total. The van der Waals surface area contributed by atoms with Crippen LogP contribution in [0.1, 0.15) is 31.7 Å². The highest BCUT2D eigenvalue weighted by molar-refractivity contribution is 6.30. The molecule has 0 radical (unpaired) electrons. The number of nitrogens with one attached hydrogen (secondary N) is 2. The first kappa shape index (κ1) is 21.6. The molecular formula is C21H25ClN2O4. The highest BCUT2D eigenvalue weighted by Crippen LogP contribution is 2.28. The molecule has 0 bridgehead atoms. The van der Waals surface area contributed by atoms with Gasteiger partial charge in [0.1, 0.15) is 11.5 Å². The van der Waals surface area contributed by atoms with Gasteiger partial charge in [-0.25, -0.2) is 0 Å². The van der Waals surface area contributed by atoms with Crippen LogP contribution in [-0.4, -0.2) is 25.5 Å². The normalized spacial score (nSPS) is 10.3. The van der Waals surface area contributed by atoms with Gasteiger partial charge in [0.15, 0.2) is 6.61 Å². The Labute approximate surface area is 170 Å². The molecule has 0 saturated heterocycles. The van der Waals surface area contributed by atoms with Crippen molar-refractivity contribution in [2.75, 3.05) is 24.4 Å². The molecule has 0 aliphatic heterocycles. The van der Waals surface area contributed by atoms with Crippen LogP contribution in [0, 0.1) is 6.92 Å². The van der Waals surface area contributed by atoms with E-state index in [1.54, 1.807) is 36.4 Å². The van der Waals surface area contributed by atoms with E-state index in [9.17, 15) is 9.59 Å². The molecule has 2 N–H and O–H groups in total. The fraction of sp³-hybridized carbons (Fsp3) is 0.333. The van der Waals surface area contributed by atoms with Gasteiger partial charge < -0.3 is 20.1 Å². The van der Waals surface area contributed by atoms with Crippen molar-refractivity contribution in [2.45, 2.75) is 33.1 Å². The molecular weight excluding hydrogens is 380 g/mol. The summed E-state index contributed by atoms with van der Waals surface area (Å²) >= 11 is 5.91. The van der Waals surface area contributed by atoms with Crippen molar-refractivity contribution in [1.29, 1.82) is 0 Å². The topological polar surface area (TPSA) is 76.7 Å². The zero-order valence-electron chi connectivity index (χ0n) is 16.3. The van der Waals surface area contributed by atoms with Gasteiger partial charge in [0, 0.05) is 23.2 Å². The summed E-state index contributed by atoms with van der Waals surface area (Å²) in [7, 11) is 1.51. The van der Waals surface area contributed by atoms with Crippen molar-refractivity contribution in [1.82, 2.24) is 0 Å². The lowest BCUT2D eigenvalue weighted by Gasteiger charge is -2.13. The number of hydrogen-bond acceptors (Lipinski definition) is 4. The maximum Gasteiger partial charge on any atom is 0.262 e. The van der Waals surface area contributed by atoms with Gasteiger partial charge in [-0.15, -0.1) is 0 Å². The minimum Gasteiger partial charge on any atom is -0.494 e. The second-order valence-corrected chi connectivity index (χ2v) is 6.75. The predicted molar refractivity (Wildman–Crippen MR) is 111 cm³/mol. The Bertz CT molecular complexity index is 839. The number of benzene rings is 2. The Morgan fingerprint density at radius 1 is 1.04 bits per heavy atom. The molecule has 2 aromatic carbocycles. The van der Waals surface area contributed by atoms with Gasteiger partial charge in [-0.3, -0.25) is 9.59 Å². The summed E-state index contributed by atoms with van der Waals surface area (Å²) in [6, 6.07) is 10.3. The molecule has 0 aromatic heterocycles. The van der Waals surface area contributed by atoms with Crippen LogP contribution in [-0.2, 0) is 9.59 Å². The summed E-state index contributed by atoms with van der Waals surface area (Å²) in [5, 5.41) is 6.19. The van der Waals surface area contributed by atoms with Crippen LogP contribution >= 0.6 is 11.6 Å². The minimum absolute atomic E-state index is 0.0660. The fourth-order valence-corrected chi connectivity index (χ4v) is 2.76. The van der Waals surface area contributed by atoms with Crippen molar-refractivity contribution >= 4 is 34.8 Å². The number of carbonyl (C=O) groups is 2. The molecule has 2 aromatic rings. The monoisotopic (exact) mass is 404 g/mol. The third-order valence-corrected chi connectivity index (χ3v) is 4.25. The van der Waals surface area contributed by atoms with E-state index >= 15 is 0 Å². The number of ether oxygens (including phenoxy) is 2. The first-order valence-electron chi connectivity index (χ1n) is 9.09. The number of halogens is 1. The second kappa shape index (κ2) is 10.6. The Balaban J connectivity index is 1.95. The van der Waals surface area contributed by atoms with Crippen LogP contribution in [0.5, 0.6) is 11.5 Å². The number of unbranched alkanes of at least 4 members (excludes halogenated alkanes) is 1. The Morgan fingerprint density at radius 3 is 2.50 bits per heavy atom. The van der Waals surface area contributed by atoms with Crippen LogP contribution in [0.4, 0.5) is 11.4 Å². The SMILES string of the molecule is CCCCC(=O)Nc1ccc(NC(=O)COc2ccc(Cl)cc2C)cc1OC. The number of hydrogen-bond donors (Lipinski definition) is 2. The average molecular weight is 405 g/mol. The molecule has 0 aliphatic rings. The van der Waals surface area contributed by atoms with Gasteiger partial charge in [0.05, 0.1) is 12.8 Å². The molecule has 0 fully saturated rings. The van der Waals surface area contributed by atoms with E-state index < -0.39 is 0 Å². The Morgan fingerprint density at radius 2 is 1.82 bits per heavy atom. The van der Waals surface area contributed by atoms with E-state index in [0.717, 1.165) is 18.4 Å². The molecule has 0 unspecified atom stereocenters. The molecule has 0 aliphatic carbocycles. The molecule has 7 heteroatoms. The van der Waals surface area contributed by atoms with Crippen LogP contribution < -0.4 is 20.1 Å². The molecule has 0 atom stereocenters. The van der Waals surface area contributed by atoms with E-state index in [1.807, 2.05) is 13.8 Å². The number of aryl methyl sites for hydroxylation is 1. The van der Waals surface area contributed by atoms with Gasteiger partial charge in [-0.05, 0) is 49.2 Å². The molecule has 28 heavy (non-hydrogen) atoms. The van der Waals surface area contributed by atoms with Gasteiger partial charge in [0.25, 0.3) is 5.91 Å². The van der Waals surface area contributed by atoms with E-state index in [1.165, 1.54) is 7.11 Å². The summed E-state index contributed by atoms with van der Waals surface area (Å²) in [5.74, 6) is 0.694. The van der Waals surface area contributed by atoms with Crippen molar-refractivity contribution < 1.29 is 19.1 Å². The van der Waals surface area contributed by atoms with Gasteiger partial charge in [0.2, 0.25) is 5.91 Å². The maximum atomic E-state index is 12.2. The van der Waals surface area contributed by atoms with Gasteiger partial charge in [-0.1, -0.05) is 24.9 Å². The number of anilines is 2. The van der Waals surface area contributed by atoms with E-state index in [2.05, 4.69) is 10.6 Å². The van der Waals surface area contributed by atoms with Gasteiger partial charge in [-0.2, -0.15) is 0 Å². The fourth-order valence-electron chi connectivity index (χ4n) is 2.54. The quantitative estimate of drug-likeness (QED) is 0.629. The van der Waals surface area contributed by atoms with Crippen molar-refractivity contribution in [3.63, 3.8) is 0 Å². The summed E-state index contributed by atoms with van der Waals surface area (Å²) < 4.78 is 10.9. The first-order chi connectivity index (χ1) is 13.4. The van der Waals surface area contributed by atoms with E-state index in [4.69, 9.17) is 21.1 Å². The zero-order chi connectivity index (χ0) is 20.5. The summed E-state index contributed by atoms with van der Waals surface area (Å²) in [6.45, 7) is 3.75. The first-order valence-corrected chi connectivity index (χ1v) is 9.47. The lowest BCUT2D eigenvalue weighted by Crippen LogP contribution is -2.20. The predicted octanol–water partition coefficient (Wildman–Crippen LogP) is 4.80. The lowest BCUT2D eigenvalue weighted by molar-refractivity contribution is -0.118. The third-order valence-electron chi connectivity index (χ3n) is 4.01. The van der Waals surface area contributed by atoms with Crippen molar-refractivity contribution in [3.8, 4) is 11.5 Å². The largest absolute Gasteiger partial charge is 0.494 e. The smallest absolute Gasteiger partial charge is 0.262 e. The summed E-state index contributed by atoms with van der Waals surface area (Å²) in [4.78, 5) is 24.1. The van der Waals surface area contributed by atoms with Crippen LogP contribution in [0.3, 0.4) is 0 Å². The zero-order valence-corrected chi connectivity index (χ0v) is 17.1. The van der Waals surface area contributed by atoms with Gasteiger partial charge >= 0.3 is 0 Å². The number of amides is 2. The Kier molecular flexibility index (Phi) is 8.14. The van der Waals surface area contributed by atoms with Crippen molar-refractivity contribution in [2.24, 2.45) is 0 Å². The number of carbonyl (C=O) groups excluding carboxylic acids is 2. The van der Waals surface area contributed by atoms with Crippen molar-refractivity contribution in [3.05, 3.63) is 47.0 Å². The highest BCUT2D eigenvalue weighted by atomic mass is 35.5. The lowest BCUT2D eigenvalue weighted by atomic mass is 10.2. The molecule has 150 valence electrons. The Hall–Kier alpha value is -2.73. The molecule has 0 spiro atoms. The number of rotatable bonds is 9. The summed E-state index contributed by atoms with van der Waals surface area (Å²) in [6.07, 6.45) is 2.24. The minimum atomic E-state index is -0.309. The highest BCUT2D eigenvalue weighted by Gasteiger charge is 2.11. The molecule has 0 saturated carbocycles. The second-order valence-electron chi connectivity index (χ2n) is 6.31. The van der Waals surface area contributed by atoms with Crippen LogP contribution in [0.15, 0.2) is 36.4 Å². The molecule has 2 amide bonds.